The monoisotopic (exact) mass is 262 g/mol. The van der Waals surface area contributed by atoms with Crippen LogP contribution in [-0.2, 0) is 5.41 Å². The Kier molecular flexibility index (Phi) is 2.86. The molecule has 0 bridgehead atoms. The highest BCUT2D eigenvalue weighted by molar-refractivity contribution is 6.05. The zero-order valence-corrected chi connectivity index (χ0v) is 13.0. The summed E-state index contributed by atoms with van der Waals surface area (Å²) >= 11 is 0. The van der Waals surface area contributed by atoms with Gasteiger partial charge in [0.1, 0.15) is 0 Å². The van der Waals surface area contributed by atoms with Crippen LogP contribution in [0.2, 0.25) is 0 Å². The fourth-order valence-corrected chi connectivity index (χ4v) is 3.28. The maximum absolute atomic E-state index is 2.37. The second-order valence-electron chi connectivity index (χ2n) is 6.84. The summed E-state index contributed by atoms with van der Waals surface area (Å²) in [4.78, 5) is 0. The van der Waals surface area contributed by atoms with Gasteiger partial charge in [-0.1, -0.05) is 57.2 Å². The van der Waals surface area contributed by atoms with Crippen LogP contribution in [0.1, 0.15) is 37.5 Å². The minimum atomic E-state index is 0.138. The lowest BCUT2D eigenvalue weighted by Crippen LogP contribution is -2.13. The molecule has 3 rings (SSSR count). The third-order valence-electron chi connectivity index (χ3n) is 4.23. The van der Waals surface area contributed by atoms with Crippen molar-refractivity contribution in [2.45, 2.75) is 40.0 Å². The molecule has 0 aliphatic carbocycles. The predicted octanol–water partition coefficient (Wildman–Crippen LogP) is 5.91. The summed E-state index contributed by atoms with van der Waals surface area (Å²) in [5, 5.41) is 5.57. The van der Waals surface area contributed by atoms with Crippen molar-refractivity contribution in [3.8, 4) is 0 Å². The zero-order chi connectivity index (χ0) is 14.5. The molecule has 0 aliphatic rings. The lowest BCUT2D eigenvalue weighted by atomic mass is 9.79. The molecular formula is C20H22. The molecule has 0 saturated heterocycles. The number of aryl methyl sites for hydroxylation is 2. The van der Waals surface area contributed by atoms with Crippen molar-refractivity contribution in [1.29, 1.82) is 0 Å². The Hall–Kier alpha value is -1.82. The van der Waals surface area contributed by atoms with Crippen LogP contribution >= 0.6 is 0 Å². The van der Waals surface area contributed by atoms with E-state index in [4.69, 9.17) is 0 Å². The highest BCUT2D eigenvalue weighted by Crippen LogP contribution is 2.38. The SMILES string of the molecule is Cc1cccc2c(C(C)(C)C)c3cccc(C)c3cc12. The molecule has 0 unspecified atom stereocenters. The lowest BCUT2D eigenvalue weighted by molar-refractivity contribution is 0.601. The summed E-state index contributed by atoms with van der Waals surface area (Å²) in [5.74, 6) is 0. The van der Waals surface area contributed by atoms with Crippen LogP contribution < -0.4 is 0 Å². The summed E-state index contributed by atoms with van der Waals surface area (Å²) < 4.78 is 0. The van der Waals surface area contributed by atoms with Gasteiger partial charge in [0, 0.05) is 0 Å². The molecule has 3 aromatic carbocycles. The molecule has 0 atom stereocenters. The summed E-state index contributed by atoms with van der Waals surface area (Å²) in [7, 11) is 0. The Balaban J connectivity index is 2.64. The van der Waals surface area contributed by atoms with E-state index in [1.165, 1.54) is 38.2 Å². The standard InChI is InChI=1S/C20H22/c1-13-8-6-10-15-17(13)12-18-14(2)9-7-11-16(18)19(15)20(3,4)5/h6-12H,1-5H3. The van der Waals surface area contributed by atoms with Crippen LogP contribution in [0.25, 0.3) is 21.5 Å². The Morgan fingerprint density at radius 3 is 1.50 bits per heavy atom. The fraction of sp³-hybridized carbons (Fsp3) is 0.300. The number of hydrogen-bond donors (Lipinski definition) is 0. The normalized spacial score (nSPS) is 12.2. The molecule has 0 heteroatoms. The van der Waals surface area contributed by atoms with Crippen molar-refractivity contribution in [3.05, 3.63) is 59.2 Å². The van der Waals surface area contributed by atoms with E-state index in [-0.39, 0.29) is 5.41 Å². The van der Waals surface area contributed by atoms with Gasteiger partial charge < -0.3 is 0 Å². The molecule has 0 nitrogen and oxygen atoms in total. The highest BCUT2D eigenvalue weighted by Gasteiger charge is 2.21. The molecule has 102 valence electrons. The fourth-order valence-electron chi connectivity index (χ4n) is 3.28. The van der Waals surface area contributed by atoms with Crippen molar-refractivity contribution in [3.63, 3.8) is 0 Å². The van der Waals surface area contributed by atoms with E-state index in [9.17, 15) is 0 Å². The van der Waals surface area contributed by atoms with Gasteiger partial charge in [-0.05, 0) is 63.6 Å². The molecule has 0 amide bonds. The molecule has 0 aliphatic heterocycles. The van der Waals surface area contributed by atoms with E-state index in [2.05, 4.69) is 77.1 Å². The Labute approximate surface area is 121 Å². The number of hydrogen-bond acceptors (Lipinski definition) is 0. The summed E-state index contributed by atoms with van der Waals surface area (Å²) in [6, 6.07) is 15.7. The van der Waals surface area contributed by atoms with E-state index >= 15 is 0 Å². The van der Waals surface area contributed by atoms with Crippen molar-refractivity contribution < 1.29 is 0 Å². The molecule has 0 radical (unpaired) electrons. The van der Waals surface area contributed by atoms with E-state index < -0.39 is 0 Å². The van der Waals surface area contributed by atoms with Crippen LogP contribution in [0.3, 0.4) is 0 Å². The third-order valence-corrected chi connectivity index (χ3v) is 4.23. The number of rotatable bonds is 0. The molecule has 3 aromatic rings. The molecule has 0 fully saturated rings. The molecule has 0 aromatic heterocycles. The molecule has 0 heterocycles. The first-order valence-electron chi connectivity index (χ1n) is 7.32. The van der Waals surface area contributed by atoms with Gasteiger partial charge in [0.15, 0.2) is 0 Å². The predicted molar refractivity (Wildman–Crippen MR) is 89.6 cm³/mol. The number of fused-ring (bicyclic) bond motifs is 2. The maximum atomic E-state index is 2.37. The zero-order valence-electron chi connectivity index (χ0n) is 13.0. The minimum absolute atomic E-state index is 0.138. The quantitative estimate of drug-likeness (QED) is 0.442. The van der Waals surface area contributed by atoms with Crippen molar-refractivity contribution in [2.75, 3.05) is 0 Å². The first-order chi connectivity index (χ1) is 9.39. The van der Waals surface area contributed by atoms with Crippen molar-refractivity contribution >= 4 is 21.5 Å². The Morgan fingerprint density at radius 1 is 0.650 bits per heavy atom. The van der Waals surface area contributed by atoms with E-state index in [0.717, 1.165) is 0 Å². The second-order valence-corrected chi connectivity index (χ2v) is 6.84. The third kappa shape index (κ3) is 1.91. The summed E-state index contributed by atoms with van der Waals surface area (Å²) in [6.45, 7) is 11.3. The lowest BCUT2D eigenvalue weighted by Gasteiger charge is -2.25. The van der Waals surface area contributed by atoms with Crippen molar-refractivity contribution in [1.82, 2.24) is 0 Å². The van der Waals surface area contributed by atoms with Gasteiger partial charge in [0.25, 0.3) is 0 Å². The van der Waals surface area contributed by atoms with Gasteiger partial charge in [0.05, 0.1) is 0 Å². The van der Waals surface area contributed by atoms with Crippen molar-refractivity contribution in [2.24, 2.45) is 0 Å². The first-order valence-corrected chi connectivity index (χ1v) is 7.32. The van der Waals surface area contributed by atoms with Crippen LogP contribution in [0.15, 0.2) is 42.5 Å². The number of benzene rings is 3. The molecule has 0 saturated carbocycles. The van der Waals surface area contributed by atoms with Crippen LogP contribution in [0.5, 0.6) is 0 Å². The highest BCUT2D eigenvalue weighted by atomic mass is 14.2. The molecule has 0 N–H and O–H groups in total. The maximum Gasteiger partial charge on any atom is -0.0120 e. The van der Waals surface area contributed by atoms with Gasteiger partial charge in [0.2, 0.25) is 0 Å². The van der Waals surface area contributed by atoms with Crippen LogP contribution in [0, 0.1) is 13.8 Å². The topological polar surface area (TPSA) is 0 Å². The molecular weight excluding hydrogens is 240 g/mol. The second kappa shape index (κ2) is 4.34. The average Bonchev–Trinajstić information content (AvgIpc) is 2.36. The Morgan fingerprint density at radius 2 is 1.10 bits per heavy atom. The van der Waals surface area contributed by atoms with E-state index in [0.29, 0.717) is 0 Å². The summed E-state index contributed by atoms with van der Waals surface area (Å²) in [6.07, 6.45) is 0. The largest absolute Gasteiger partial charge is 0.0614 e. The van der Waals surface area contributed by atoms with Crippen LogP contribution in [0.4, 0.5) is 0 Å². The first kappa shape index (κ1) is 13.2. The minimum Gasteiger partial charge on any atom is -0.0614 e. The van der Waals surface area contributed by atoms with Gasteiger partial charge >= 0.3 is 0 Å². The van der Waals surface area contributed by atoms with Crippen LogP contribution in [-0.4, -0.2) is 0 Å². The van der Waals surface area contributed by atoms with Gasteiger partial charge in [-0.3, -0.25) is 0 Å². The van der Waals surface area contributed by atoms with E-state index in [1.807, 2.05) is 0 Å². The molecule has 0 spiro atoms. The van der Waals surface area contributed by atoms with Gasteiger partial charge in [-0.2, -0.15) is 0 Å². The summed E-state index contributed by atoms with van der Waals surface area (Å²) in [5.41, 5.74) is 4.33. The Bertz CT molecular complexity index is 741. The average molecular weight is 262 g/mol. The van der Waals surface area contributed by atoms with Gasteiger partial charge in [-0.25, -0.2) is 0 Å². The smallest absolute Gasteiger partial charge is 0.0120 e. The van der Waals surface area contributed by atoms with E-state index in [1.54, 1.807) is 0 Å². The van der Waals surface area contributed by atoms with Gasteiger partial charge in [-0.15, -0.1) is 0 Å². The molecule has 20 heavy (non-hydrogen) atoms.